The number of primary amides is 4. The number of unbranched alkanes of at least 4 members (excludes halogenated alkanes) is 1. The summed E-state index contributed by atoms with van der Waals surface area (Å²) in [7, 11) is 0. The predicted octanol–water partition coefficient (Wildman–Crippen LogP) is -6.52. The molecule has 4 rings (SSSR count). The van der Waals surface area contributed by atoms with Crippen LogP contribution in [-0.4, -0.2) is 257 Å². The summed E-state index contributed by atoms with van der Waals surface area (Å²) in [6.45, 7) is 3.95. The summed E-state index contributed by atoms with van der Waals surface area (Å²) in [5.41, 5.74) is 34.4. The molecule has 692 valence electrons. The molecule has 0 saturated heterocycles. The molecule has 48 heteroatoms. The molecule has 31 N–H and O–H groups in total. The fraction of sp³-hybridized carbons (Fsp3) is 0.500. The number of ether oxygens (including phenoxy) is 1. The highest BCUT2D eigenvalue weighted by atomic mass is 35.5. The third kappa shape index (κ3) is 38.2. The number of carbonyl (C=O) groups is 18. The maximum absolute atomic E-state index is 15.2. The van der Waals surface area contributed by atoms with E-state index in [1.165, 1.54) is 62.5 Å². The highest BCUT2D eigenvalue weighted by Crippen LogP contribution is 2.25. The lowest BCUT2D eigenvalue weighted by Crippen LogP contribution is -2.62. The van der Waals surface area contributed by atoms with E-state index >= 15 is 9.59 Å². The Labute approximate surface area is 745 Å². The first-order valence-electron chi connectivity index (χ1n) is 39.9. The summed E-state index contributed by atoms with van der Waals surface area (Å²) in [6, 6.07) is -3.28. The fourth-order valence-electron chi connectivity index (χ4n) is 12.3. The van der Waals surface area contributed by atoms with Gasteiger partial charge in [-0.2, -0.15) is 25.3 Å². The predicted molar refractivity (Wildman–Crippen MR) is 466 cm³/mol. The lowest BCUT2D eigenvalue weighted by Gasteiger charge is -2.29. The average molecular weight is 1840 g/mol. The number of phenols is 1. The molecule has 0 bridgehead atoms. The lowest BCUT2D eigenvalue weighted by atomic mass is 10.00. The molecule has 3 aromatic carbocycles. The topological polar surface area (TPSA) is 733 Å². The highest BCUT2D eigenvalue weighted by molar-refractivity contribution is 7.80. The molecule has 0 radical (unpaired) electrons. The largest absolute Gasteiger partial charge is 0.508 e. The van der Waals surface area contributed by atoms with E-state index in [4.69, 9.17) is 67.8 Å². The zero-order chi connectivity index (χ0) is 94.0. The molecule has 0 aliphatic heterocycles. The van der Waals surface area contributed by atoms with Gasteiger partial charge in [-0.25, -0.2) is 0 Å². The zero-order valence-corrected chi connectivity index (χ0v) is 72.9. The third-order valence-corrected chi connectivity index (χ3v) is 20.4. The summed E-state index contributed by atoms with van der Waals surface area (Å²) in [5, 5.41) is 66.7. The first kappa shape index (κ1) is 106. The number of aliphatic hydroxyl groups excluding tert-OH is 1. The van der Waals surface area contributed by atoms with Gasteiger partial charge in [-0.3, -0.25) is 91.7 Å². The number of phenolic OH excluding ortho intramolecular Hbond substituents is 1. The van der Waals surface area contributed by atoms with Crippen molar-refractivity contribution in [3.05, 3.63) is 99.7 Å². The Bertz CT molecular complexity index is 4490. The zero-order valence-electron chi connectivity index (χ0n) is 69.6. The van der Waals surface area contributed by atoms with E-state index in [1.54, 1.807) is 24.3 Å². The Morgan fingerprint density at radius 1 is 0.476 bits per heavy atom. The number of aromatic amines is 1. The summed E-state index contributed by atoms with van der Waals surface area (Å²) < 4.78 is 5.27. The molecular formula is C78H113Cl2N23O21S2. The standard InChI is InChI=1S/C78H113Cl2N23O21S2/c1-38(2)64(76(122)100-56(32-61(84)109)67(113)91-34-62(110)88-26-27-124-35-63(111)93-49(66(85)112)12-7-8-24-81)102-69(115)50(13-9-25-89-78(86)87)94-71(117)54(30-42-16-19-46(79)47(80)28-42)97-72(118)53(29-41-14-17-44(106)18-15-41)98-75(121)58(37-126)101-68(114)51(20-22-59(82)107)95-73(119)55(31-43-33-90-48-11-6-5-10-45(43)48)99-77(123)65(39(3)104)103-70(116)52(21-23-60(83)108)96-74(120)57(36-125)92-40(4)105/h5-6,10-11,14-19,28,33,38-39,49-58,64-65,90,104,106,125-126H,7-9,12-13,20-27,29-32,34-37,81H2,1-4H3,(H2,82,107)(H2,83,108)(H2,84,109)(H2,85,112)(H,88,110)(H,91,113)(H,92,105)(H,93,111)(H,94,117)(H,95,119)(H,96,120)(H,97,118)(H,98,121)(H,99,123)(H,100,122)(H,101,114)(H,102,115)(H,103,116)(H4,86,87,89)/t39-,49-,50+,51+,52+,53+,54+,55+,56+,57+,58+,64+,65+/m1/s1. The second kappa shape index (κ2) is 54.6. The van der Waals surface area contributed by atoms with Crippen LogP contribution in [0.15, 0.2) is 72.9 Å². The molecule has 0 aliphatic rings. The third-order valence-electron chi connectivity index (χ3n) is 18.9. The van der Waals surface area contributed by atoms with Crippen LogP contribution in [0, 0.1) is 11.3 Å². The second-order valence-electron chi connectivity index (χ2n) is 29.5. The number of benzene rings is 3. The Hall–Kier alpha value is -12.1. The lowest BCUT2D eigenvalue weighted by molar-refractivity contribution is -0.137. The van der Waals surface area contributed by atoms with E-state index in [1.807, 2.05) is 0 Å². The molecule has 18 amide bonds. The molecule has 4 aromatic rings. The summed E-state index contributed by atoms with van der Waals surface area (Å²) in [5.74, 6) is -20.2. The number of H-pyrrole nitrogens is 1. The molecule has 44 nitrogen and oxygen atoms in total. The van der Waals surface area contributed by atoms with Gasteiger partial charge >= 0.3 is 0 Å². The number of fused-ring (bicyclic) bond motifs is 1. The van der Waals surface area contributed by atoms with Crippen molar-refractivity contribution in [1.82, 2.24) is 84.7 Å². The van der Waals surface area contributed by atoms with Crippen molar-refractivity contribution in [3.8, 4) is 5.75 Å². The van der Waals surface area contributed by atoms with Gasteiger partial charge < -0.3 is 134 Å². The molecule has 0 saturated carbocycles. The molecule has 1 aromatic heterocycles. The minimum atomic E-state index is -1.94. The van der Waals surface area contributed by atoms with Crippen molar-refractivity contribution < 1.29 is 101 Å². The number of carbonyl (C=O) groups excluding carboxylic acids is 18. The van der Waals surface area contributed by atoms with Crippen molar-refractivity contribution in [3.63, 3.8) is 0 Å². The Morgan fingerprint density at radius 3 is 1.48 bits per heavy atom. The number of aliphatic hydroxyl groups is 1. The molecular weight excluding hydrogens is 1730 g/mol. The van der Waals surface area contributed by atoms with Crippen LogP contribution in [0.5, 0.6) is 5.75 Å². The average Bonchev–Trinajstić information content (AvgIpc) is 1.64. The number of guanidine groups is 1. The van der Waals surface area contributed by atoms with E-state index in [9.17, 15) is 86.9 Å². The molecule has 13 atom stereocenters. The van der Waals surface area contributed by atoms with Crippen LogP contribution in [-0.2, 0) is 110 Å². The van der Waals surface area contributed by atoms with E-state index in [-0.39, 0.29) is 78.1 Å². The van der Waals surface area contributed by atoms with Crippen molar-refractivity contribution in [2.45, 2.75) is 190 Å². The number of halogens is 2. The van der Waals surface area contributed by atoms with Crippen molar-refractivity contribution in [2.75, 3.05) is 50.9 Å². The van der Waals surface area contributed by atoms with Gasteiger partial charge in [-0.05, 0) is 111 Å². The number of aromatic nitrogens is 1. The summed E-state index contributed by atoms with van der Waals surface area (Å²) in [6.07, 6.45) is -3.32. The second-order valence-corrected chi connectivity index (χ2v) is 31.1. The monoisotopic (exact) mass is 1840 g/mol. The van der Waals surface area contributed by atoms with E-state index in [0.29, 0.717) is 35.9 Å². The van der Waals surface area contributed by atoms with Gasteiger partial charge in [0, 0.05) is 80.7 Å². The maximum atomic E-state index is 15.2. The molecule has 0 fully saturated rings. The van der Waals surface area contributed by atoms with Crippen LogP contribution in [0.2, 0.25) is 10.0 Å². The quantitative estimate of drug-likeness (QED) is 0.00846. The van der Waals surface area contributed by atoms with Crippen molar-refractivity contribution in [1.29, 1.82) is 5.41 Å². The van der Waals surface area contributed by atoms with Gasteiger partial charge in [0.25, 0.3) is 0 Å². The number of aromatic hydroxyl groups is 1. The fourth-order valence-corrected chi connectivity index (χ4v) is 13.1. The molecule has 126 heavy (non-hydrogen) atoms. The van der Waals surface area contributed by atoms with Crippen LogP contribution < -0.4 is 114 Å². The first-order valence-corrected chi connectivity index (χ1v) is 41.9. The van der Waals surface area contributed by atoms with Gasteiger partial charge in [0.2, 0.25) is 106 Å². The number of rotatable bonds is 57. The molecule has 0 unspecified atom stereocenters. The van der Waals surface area contributed by atoms with E-state index < -0.39 is 261 Å². The van der Waals surface area contributed by atoms with E-state index in [0.717, 1.165) is 13.8 Å². The Balaban J connectivity index is 1.66. The SMILES string of the molecule is CC(=O)N[C@@H](CS)C(=O)N[C@@H](CCC(N)=O)C(=O)N[C@H](C(=O)N[C@@H](Cc1c[nH]c2ccccc12)C(=O)N[C@@H](CCC(N)=O)C(=O)N[C@@H](CS)C(=O)N[C@@H](Cc1ccc(O)cc1)C(=O)N[C@@H](Cc1ccc(Cl)c(Cl)c1)C(=O)N[C@@H](CCCNC(=N)N)C(=O)N[C@H](C(=O)N[C@@H](CC(N)=O)C(=O)NCC(=O)NCCOCC(=O)N[C@H](CCCCN)C(N)=O)C(C)C)[C@@H](C)O. The molecule has 1 heterocycles. The normalized spacial score (nSPS) is 14.2. The minimum Gasteiger partial charge on any atom is -0.508 e. The highest BCUT2D eigenvalue weighted by Gasteiger charge is 2.39. The van der Waals surface area contributed by atoms with Crippen molar-refractivity contribution >= 4 is 172 Å². The Morgan fingerprint density at radius 2 is 0.952 bits per heavy atom. The minimum absolute atomic E-state index is 0.00329. The van der Waals surface area contributed by atoms with Crippen LogP contribution in [0.1, 0.15) is 109 Å². The number of para-hydroxylation sites is 1. The van der Waals surface area contributed by atoms with Gasteiger partial charge in [0.1, 0.15) is 84.9 Å². The van der Waals surface area contributed by atoms with Crippen LogP contribution in [0.25, 0.3) is 10.9 Å². The molecule has 0 aliphatic carbocycles. The smallest absolute Gasteiger partial charge is 0.246 e. The van der Waals surface area contributed by atoms with Crippen LogP contribution in [0.3, 0.4) is 0 Å². The van der Waals surface area contributed by atoms with Gasteiger partial charge in [-0.1, -0.05) is 73.4 Å². The number of nitrogens with one attached hydrogen (secondary N) is 17. The Kier molecular flexibility index (Phi) is 46.0. The number of hydrogen-bond acceptors (Lipinski definition) is 25. The molecule has 0 spiro atoms. The van der Waals surface area contributed by atoms with Crippen LogP contribution in [0.4, 0.5) is 0 Å². The van der Waals surface area contributed by atoms with Gasteiger partial charge in [0.05, 0.1) is 35.7 Å². The number of nitrogens with two attached hydrogens (primary N) is 6. The number of amides is 18. The number of thiol groups is 2. The van der Waals surface area contributed by atoms with Crippen LogP contribution >= 0.6 is 48.5 Å². The summed E-state index contributed by atoms with van der Waals surface area (Å²) in [4.78, 5) is 248. The maximum Gasteiger partial charge on any atom is 0.246 e. The van der Waals surface area contributed by atoms with Crippen molar-refractivity contribution in [2.24, 2.45) is 40.3 Å². The first-order chi connectivity index (χ1) is 59.5. The van der Waals surface area contributed by atoms with Gasteiger partial charge in [-0.15, -0.1) is 0 Å². The number of hydrogen-bond donors (Lipinski definition) is 27. The van der Waals surface area contributed by atoms with Gasteiger partial charge in [0.15, 0.2) is 5.96 Å². The summed E-state index contributed by atoms with van der Waals surface area (Å²) >= 11 is 21.2. The van der Waals surface area contributed by atoms with E-state index in [2.05, 4.69) is 110 Å².